The van der Waals surface area contributed by atoms with Gasteiger partial charge in [-0.1, -0.05) is 42.6 Å². The Balaban J connectivity index is 1.95. The quantitative estimate of drug-likeness (QED) is 0.876. The van der Waals surface area contributed by atoms with Crippen LogP contribution in [0.4, 0.5) is 0 Å². The standard InChI is InChI=1S/C17H24BrNO/c1-16(2)6-3-4-7-17(16,19)11-13-10-14(18)9-12-5-8-20-15(12)13/h9-10H,3-8,11,19H2,1-2H3. The van der Waals surface area contributed by atoms with Gasteiger partial charge in [0.15, 0.2) is 0 Å². The van der Waals surface area contributed by atoms with E-state index in [1.807, 2.05) is 0 Å². The molecule has 0 aromatic heterocycles. The van der Waals surface area contributed by atoms with E-state index in [4.69, 9.17) is 10.5 Å². The summed E-state index contributed by atoms with van der Waals surface area (Å²) in [6, 6.07) is 4.38. The third-order valence-electron chi connectivity index (χ3n) is 5.35. The molecule has 1 aromatic carbocycles. The van der Waals surface area contributed by atoms with Crippen LogP contribution in [0, 0.1) is 5.41 Å². The lowest BCUT2D eigenvalue weighted by molar-refractivity contribution is 0.0983. The molecular formula is C17H24BrNO. The molecule has 1 aliphatic heterocycles. The van der Waals surface area contributed by atoms with Crippen molar-refractivity contribution in [3.05, 3.63) is 27.7 Å². The lowest BCUT2D eigenvalue weighted by Crippen LogP contribution is -2.56. The van der Waals surface area contributed by atoms with Crippen molar-refractivity contribution in [2.75, 3.05) is 6.61 Å². The van der Waals surface area contributed by atoms with Gasteiger partial charge in [0, 0.05) is 16.4 Å². The minimum absolute atomic E-state index is 0.119. The van der Waals surface area contributed by atoms with Crippen LogP contribution in [-0.4, -0.2) is 12.1 Å². The minimum Gasteiger partial charge on any atom is -0.493 e. The number of hydrogen-bond donors (Lipinski definition) is 1. The summed E-state index contributed by atoms with van der Waals surface area (Å²) in [6.07, 6.45) is 6.82. The second-order valence-corrected chi connectivity index (χ2v) is 7.99. The number of fused-ring (bicyclic) bond motifs is 1. The summed E-state index contributed by atoms with van der Waals surface area (Å²) in [5.41, 5.74) is 9.52. The van der Waals surface area contributed by atoms with Crippen LogP contribution < -0.4 is 10.5 Å². The molecule has 2 nitrogen and oxygen atoms in total. The molecule has 3 rings (SSSR count). The molecule has 1 saturated carbocycles. The zero-order valence-electron chi connectivity index (χ0n) is 12.5. The predicted molar refractivity (Wildman–Crippen MR) is 86.2 cm³/mol. The lowest BCUT2D eigenvalue weighted by atomic mass is 9.61. The van der Waals surface area contributed by atoms with E-state index in [1.165, 1.54) is 30.4 Å². The molecule has 1 heterocycles. The van der Waals surface area contributed by atoms with E-state index in [0.717, 1.165) is 36.1 Å². The molecule has 0 spiro atoms. The molecule has 1 aromatic rings. The highest BCUT2D eigenvalue weighted by Gasteiger charge is 2.44. The fraction of sp³-hybridized carbons (Fsp3) is 0.647. The lowest BCUT2D eigenvalue weighted by Gasteiger charge is -2.48. The van der Waals surface area contributed by atoms with Crippen LogP contribution in [0.5, 0.6) is 5.75 Å². The largest absolute Gasteiger partial charge is 0.493 e. The Morgan fingerprint density at radius 2 is 2.00 bits per heavy atom. The molecule has 2 aliphatic rings. The minimum atomic E-state index is -0.119. The predicted octanol–water partition coefficient (Wildman–Crippen LogP) is 4.22. The first kappa shape index (κ1) is 14.4. The summed E-state index contributed by atoms with van der Waals surface area (Å²) >= 11 is 3.63. The fourth-order valence-corrected chi connectivity index (χ4v) is 4.29. The molecule has 1 unspecified atom stereocenters. The van der Waals surface area contributed by atoms with Crippen molar-refractivity contribution in [2.24, 2.45) is 11.1 Å². The van der Waals surface area contributed by atoms with Crippen molar-refractivity contribution in [2.45, 2.75) is 57.9 Å². The summed E-state index contributed by atoms with van der Waals surface area (Å²) in [7, 11) is 0. The Morgan fingerprint density at radius 1 is 1.25 bits per heavy atom. The van der Waals surface area contributed by atoms with Crippen LogP contribution in [-0.2, 0) is 12.8 Å². The van der Waals surface area contributed by atoms with Gasteiger partial charge >= 0.3 is 0 Å². The first-order chi connectivity index (χ1) is 9.41. The smallest absolute Gasteiger partial charge is 0.125 e. The van der Waals surface area contributed by atoms with Gasteiger partial charge in [-0.25, -0.2) is 0 Å². The molecule has 0 radical (unpaired) electrons. The van der Waals surface area contributed by atoms with Gasteiger partial charge in [-0.2, -0.15) is 0 Å². The monoisotopic (exact) mass is 337 g/mol. The van der Waals surface area contributed by atoms with Gasteiger partial charge in [0.05, 0.1) is 6.61 Å². The third-order valence-corrected chi connectivity index (χ3v) is 5.81. The Hall–Kier alpha value is -0.540. The zero-order chi connectivity index (χ0) is 14.4. The molecule has 0 bridgehead atoms. The van der Waals surface area contributed by atoms with Gasteiger partial charge in [-0.05, 0) is 47.9 Å². The summed E-state index contributed by atoms with van der Waals surface area (Å²) in [5, 5.41) is 0. The van der Waals surface area contributed by atoms with Gasteiger partial charge in [-0.15, -0.1) is 0 Å². The van der Waals surface area contributed by atoms with E-state index >= 15 is 0 Å². The second kappa shape index (κ2) is 5.03. The average Bonchev–Trinajstić information content (AvgIpc) is 2.81. The van der Waals surface area contributed by atoms with Crippen molar-refractivity contribution >= 4 is 15.9 Å². The molecule has 0 saturated heterocycles. The van der Waals surface area contributed by atoms with Crippen molar-refractivity contribution in [3.8, 4) is 5.75 Å². The molecular weight excluding hydrogens is 314 g/mol. The Kier molecular flexibility index (Phi) is 3.62. The molecule has 0 amide bonds. The highest BCUT2D eigenvalue weighted by atomic mass is 79.9. The maximum Gasteiger partial charge on any atom is 0.125 e. The summed E-state index contributed by atoms with van der Waals surface area (Å²) in [5.74, 6) is 1.10. The van der Waals surface area contributed by atoms with Crippen LogP contribution in [0.3, 0.4) is 0 Å². The van der Waals surface area contributed by atoms with Crippen molar-refractivity contribution in [1.29, 1.82) is 0 Å². The summed E-state index contributed by atoms with van der Waals surface area (Å²) < 4.78 is 7.01. The highest BCUT2D eigenvalue weighted by Crippen LogP contribution is 2.46. The number of nitrogens with two attached hydrogens (primary N) is 1. The normalized spacial score (nSPS) is 28.0. The van der Waals surface area contributed by atoms with Gasteiger partial charge < -0.3 is 10.5 Å². The van der Waals surface area contributed by atoms with Crippen LogP contribution in [0.2, 0.25) is 0 Å². The topological polar surface area (TPSA) is 35.2 Å². The number of hydrogen-bond acceptors (Lipinski definition) is 2. The van der Waals surface area contributed by atoms with Crippen molar-refractivity contribution in [3.63, 3.8) is 0 Å². The highest BCUT2D eigenvalue weighted by molar-refractivity contribution is 9.10. The van der Waals surface area contributed by atoms with Crippen molar-refractivity contribution in [1.82, 2.24) is 0 Å². The molecule has 2 N–H and O–H groups in total. The SMILES string of the molecule is CC1(C)CCCCC1(N)Cc1cc(Br)cc2c1OCC2. The fourth-order valence-electron chi connectivity index (χ4n) is 3.74. The number of benzene rings is 1. The van der Waals surface area contributed by atoms with Crippen LogP contribution in [0.1, 0.15) is 50.7 Å². The van der Waals surface area contributed by atoms with E-state index in [0.29, 0.717) is 0 Å². The van der Waals surface area contributed by atoms with Crippen LogP contribution in [0.15, 0.2) is 16.6 Å². The molecule has 1 atom stereocenters. The van der Waals surface area contributed by atoms with E-state index in [2.05, 4.69) is 41.9 Å². The summed E-state index contributed by atoms with van der Waals surface area (Å²) in [4.78, 5) is 0. The van der Waals surface area contributed by atoms with E-state index in [1.54, 1.807) is 0 Å². The maximum absolute atomic E-state index is 6.84. The number of rotatable bonds is 2. The second-order valence-electron chi connectivity index (χ2n) is 7.08. The van der Waals surface area contributed by atoms with Gasteiger partial charge in [0.1, 0.15) is 5.75 Å². The van der Waals surface area contributed by atoms with Gasteiger partial charge in [0.25, 0.3) is 0 Å². The average molecular weight is 338 g/mol. The first-order valence-corrected chi connectivity index (χ1v) is 8.44. The van der Waals surface area contributed by atoms with Gasteiger partial charge in [0.2, 0.25) is 0 Å². The van der Waals surface area contributed by atoms with Crippen LogP contribution in [0.25, 0.3) is 0 Å². The molecule has 3 heteroatoms. The number of ether oxygens (including phenoxy) is 1. The molecule has 20 heavy (non-hydrogen) atoms. The van der Waals surface area contributed by atoms with E-state index in [-0.39, 0.29) is 11.0 Å². The van der Waals surface area contributed by atoms with Crippen molar-refractivity contribution < 1.29 is 4.74 Å². The Bertz CT molecular complexity index is 526. The molecule has 1 aliphatic carbocycles. The Morgan fingerprint density at radius 3 is 2.75 bits per heavy atom. The van der Waals surface area contributed by atoms with Gasteiger partial charge in [-0.3, -0.25) is 0 Å². The first-order valence-electron chi connectivity index (χ1n) is 7.64. The van der Waals surface area contributed by atoms with Crippen LogP contribution >= 0.6 is 15.9 Å². The zero-order valence-corrected chi connectivity index (χ0v) is 14.1. The molecule has 110 valence electrons. The van der Waals surface area contributed by atoms with E-state index < -0.39 is 0 Å². The van der Waals surface area contributed by atoms with E-state index in [9.17, 15) is 0 Å². The number of halogens is 1. The molecule has 1 fully saturated rings. The third kappa shape index (κ3) is 2.39. The Labute approximate surface area is 130 Å². The summed E-state index contributed by atoms with van der Waals surface area (Å²) in [6.45, 7) is 5.45. The maximum atomic E-state index is 6.84.